The normalized spacial score (nSPS) is 11.3. The average molecular weight is 531 g/mol. The highest BCUT2D eigenvalue weighted by atomic mass is 16.4. The molecule has 0 fully saturated rings. The van der Waals surface area contributed by atoms with Gasteiger partial charge in [0.25, 0.3) is 0 Å². The van der Waals surface area contributed by atoms with Gasteiger partial charge < -0.3 is 19.0 Å². The maximum Gasteiger partial charge on any atom is 0.193 e. The Morgan fingerprint density at radius 1 is 0.550 bits per heavy atom. The number of hydrogen-bond donors (Lipinski definition) is 2. The fraction of sp³-hybridized carbons (Fsp3) is 0.118. The molecule has 2 aromatic heterocycles. The van der Waals surface area contributed by atoms with Gasteiger partial charge in [-0.05, 0) is 42.2 Å². The van der Waals surface area contributed by atoms with Gasteiger partial charge in [-0.25, -0.2) is 0 Å². The van der Waals surface area contributed by atoms with Gasteiger partial charge in [0.2, 0.25) is 0 Å². The third-order valence-electron chi connectivity index (χ3n) is 7.10. The van der Waals surface area contributed by atoms with Gasteiger partial charge in [-0.15, -0.1) is 0 Å². The van der Waals surface area contributed by atoms with Crippen molar-refractivity contribution in [1.82, 2.24) is 0 Å². The zero-order valence-corrected chi connectivity index (χ0v) is 21.6. The molecule has 0 radical (unpaired) electrons. The molecule has 0 saturated heterocycles. The van der Waals surface area contributed by atoms with Crippen LogP contribution >= 0.6 is 0 Å². The van der Waals surface area contributed by atoms with E-state index in [9.17, 15) is 19.8 Å². The molecule has 6 aromatic rings. The Kier molecular flexibility index (Phi) is 6.66. The second-order valence-electron chi connectivity index (χ2n) is 9.83. The highest BCUT2D eigenvalue weighted by Gasteiger charge is 2.19. The van der Waals surface area contributed by atoms with Crippen LogP contribution in [-0.4, -0.2) is 10.2 Å². The molecule has 2 N–H and O–H groups in total. The van der Waals surface area contributed by atoms with Crippen molar-refractivity contribution in [1.29, 1.82) is 0 Å². The summed E-state index contributed by atoms with van der Waals surface area (Å²) in [4.78, 5) is 26.4. The van der Waals surface area contributed by atoms with Gasteiger partial charge in [0.15, 0.2) is 22.2 Å². The Hall–Kier alpha value is -5.10. The van der Waals surface area contributed by atoms with Crippen LogP contribution in [0.15, 0.2) is 115 Å². The lowest BCUT2D eigenvalue weighted by atomic mass is 9.97. The molecule has 0 aliphatic heterocycles. The second kappa shape index (κ2) is 10.6. The standard InChI is InChI=1S/C34H26O6/c35-28-16-15-25(33-31(38)18-24(40-34(28)33)14-12-22-9-5-2-6-10-22)26-19-27-29(36)17-23(39-32(27)20-30(26)37)13-11-21-7-3-1-4-8-21/h1-10,15-20,35,37H,11-14H2. The summed E-state index contributed by atoms with van der Waals surface area (Å²) in [5.74, 6) is 0.628. The zero-order valence-electron chi connectivity index (χ0n) is 21.6. The SMILES string of the molecule is O=c1cc(CCc2ccccc2)oc2cc(O)c(-c3ccc(O)c4oc(CCc5ccccc5)cc(=O)c34)cc12. The first-order valence-corrected chi connectivity index (χ1v) is 13.1. The lowest BCUT2D eigenvalue weighted by Crippen LogP contribution is -2.06. The first-order valence-electron chi connectivity index (χ1n) is 13.1. The minimum Gasteiger partial charge on any atom is -0.507 e. The van der Waals surface area contributed by atoms with E-state index in [-0.39, 0.29) is 49.9 Å². The van der Waals surface area contributed by atoms with Gasteiger partial charge in [0, 0.05) is 42.2 Å². The molecule has 0 atom stereocenters. The molecule has 6 nitrogen and oxygen atoms in total. The van der Waals surface area contributed by atoms with E-state index in [1.165, 1.54) is 36.4 Å². The van der Waals surface area contributed by atoms with Gasteiger partial charge in [-0.1, -0.05) is 60.7 Å². The summed E-state index contributed by atoms with van der Waals surface area (Å²) < 4.78 is 11.9. The maximum absolute atomic E-state index is 13.3. The Labute approximate surface area is 229 Å². The maximum atomic E-state index is 13.3. The third kappa shape index (κ3) is 4.99. The molecule has 0 unspecified atom stereocenters. The van der Waals surface area contributed by atoms with Gasteiger partial charge in [0.05, 0.1) is 10.8 Å². The Bertz CT molecular complexity index is 1950. The van der Waals surface area contributed by atoms with Gasteiger partial charge in [-0.2, -0.15) is 0 Å². The number of phenolic OH excluding ortho intramolecular Hbond substituents is 2. The quantitative estimate of drug-likeness (QED) is 0.243. The van der Waals surface area contributed by atoms with E-state index in [2.05, 4.69) is 0 Å². The molecule has 0 amide bonds. The summed E-state index contributed by atoms with van der Waals surface area (Å²) in [6, 6.07) is 28.5. The van der Waals surface area contributed by atoms with Crippen LogP contribution in [0.5, 0.6) is 11.5 Å². The minimum atomic E-state index is -0.349. The first kappa shape index (κ1) is 25.2. The largest absolute Gasteiger partial charge is 0.507 e. The number of aromatic hydroxyl groups is 2. The van der Waals surface area contributed by atoms with Crippen molar-refractivity contribution < 1.29 is 19.0 Å². The van der Waals surface area contributed by atoms with Crippen LogP contribution in [0.4, 0.5) is 0 Å². The van der Waals surface area contributed by atoms with Crippen molar-refractivity contribution in [2.75, 3.05) is 0 Å². The molecule has 0 spiro atoms. The van der Waals surface area contributed by atoms with E-state index < -0.39 is 0 Å². The molecule has 4 aromatic carbocycles. The molecule has 0 aliphatic rings. The summed E-state index contributed by atoms with van der Waals surface area (Å²) in [6.45, 7) is 0. The van der Waals surface area contributed by atoms with E-state index >= 15 is 0 Å². The molecule has 0 aliphatic carbocycles. The van der Waals surface area contributed by atoms with Crippen molar-refractivity contribution >= 4 is 21.9 Å². The number of phenols is 2. The van der Waals surface area contributed by atoms with Gasteiger partial charge in [-0.3, -0.25) is 9.59 Å². The zero-order chi connectivity index (χ0) is 27.6. The monoisotopic (exact) mass is 530 g/mol. The predicted molar refractivity (Wildman–Crippen MR) is 155 cm³/mol. The van der Waals surface area contributed by atoms with Crippen LogP contribution in [0.1, 0.15) is 22.6 Å². The lowest BCUT2D eigenvalue weighted by Gasteiger charge is -2.12. The summed E-state index contributed by atoms with van der Waals surface area (Å²) in [5.41, 5.74) is 2.55. The van der Waals surface area contributed by atoms with Crippen molar-refractivity contribution in [3.63, 3.8) is 0 Å². The molecular weight excluding hydrogens is 504 g/mol. The number of rotatable bonds is 7. The Morgan fingerprint density at radius 3 is 1.80 bits per heavy atom. The van der Waals surface area contributed by atoms with Crippen LogP contribution in [0.2, 0.25) is 0 Å². The molecule has 6 rings (SSSR count). The van der Waals surface area contributed by atoms with Crippen molar-refractivity contribution in [2.24, 2.45) is 0 Å². The van der Waals surface area contributed by atoms with Crippen LogP contribution in [0.3, 0.4) is 0 Å². The summed E-state index contributed by atoms with van der Waals surface area (Å²) in [6.07, 6.45) is 2.40. The van der Waals surface area contributed by atoms with E-state index in [1.807, 2.05) is 60.7 Å². The Morgan fingerprint density at radius 2 is 1.15 bits per heavy atom. The van der Waals surface area contributed by atoms with E-state index in [0.29, 0.717) is 42.8 Å². The second-order valence-corrected chi connectivity index (χ2v) is 9.83. The number of hydrogen-bond acceptors (Lipinski definition) is 6. The van der Waals surface area contributed by atoms with Crippen LogP contribution in [0, 0.1) is 0 Å². The fourth-order valence-corrected chi connectivity index (χ4v) is 5.05. The average Bonchev–Trinajstić information content (AvgIpc) is 2.96. The van der Waals surface area contributed by atoms with Crippen LogP contribution in [-0.2, 0) is 25.7 Å². The number of fused-ring (bicyclic) bond motifs is 2. The fourth-order valence-electron chi connectivity index (χ4n) is 5.05. The van der Waals surface area contributed by atoms with Crippen molar-refractivity contribution in [2.45, 2.75) is 25.7 Å². The highest BCUT2D eigenvalue weighted by Crippen LogP contribution is 2.38. The molecule has 6 heteroatoms. The third-order valence-corrected chi connectivity index (χ3v) is 7.10. The van der Waals surface area contributed by atoms with E-state index in [0.717, 1.165) is 11.1 Å². The van der Waals surface area contributed by atoms with E-state index in [1.54, 1.807) is 0 Å². The van der Waals surface area contributed by atoms with E-state index in [4.69, 9.17) is 8.83 Å². The van der Waals surface area contributed by atoms with Crippen molar-refractivity contribution in [3.05, 3.63) is 140 Å². The molecule has 0 saturated carbocycles. The summed E-state index contributed by atoms with van der Waals surface area (Å²) in [5, 5.41) is 22.0. The molecule has 198 valence electrons. The smallest absolute Gasteiger partial charge is 0.193 e. The lowest BCUT2D eigenvalue weighted by molar-refractivity contribution is 0.453. The Balaban J connectivity index is 1.37. The van der Waals surface area contributed by atoms with Crippen LogP contribution in [0.25, 0.3) is 33.1 Å². The van der Waals surface area contributed by atoms with Gasteiger partial charge >= 0.3 is 0 Å². The molecule has 2 heterocycles. The number of benzene rings is 4. The summed E-state index contributed by atoms with van der Waals surface area (Å²) >= 11 is 0. The highest BCUT2D eigenvalue weighted by molar-refractivity contribution is 6.00. The minimum absolute atomic E-state index is 0.0378. The molecule has 40 heavy (non-hydrogen) atoms. The topological polar surface area (TPSA) is 101 Å². The predicted octanol–water partition coefficient (Wildman–Crippen LogP) is 6.55. The summed E-state index contributed by atoms with van der Waals surface area (Å²) in [7, 11) is 0. The first-order chi connectivity index (χ1) is 19.5. The van der Waals surface area contributed by atoms with Gasteiger partial charge in [0.1, 0.15) is 22.9 Å². The van der Waals surface area contributed by atoms with Crippen molar-refractivity contribution in [3.8, 4) is 22.6 Å². The molecular formula is C34H26O6. The number of aryl methyl sites for hydroxylation is 4. The van der Waals surface area contributed by atoms with Crippen LogP contribution < -0.4 is 10.9 Å². The molecule has 0 bridgehead atoms.